The van der Waals surface area contributed by atoms with Crippen molar-refractivity contribution in [1.82, 2.24) is 20.3 Å². The summed E-state index contributed by atoms with van der Waals surface area (Å²) >= 11 is 3.63. The first-order valence-corrected chi connectivity index (χ1v) is 7.11. The first-order chi connectivity index (χ1) is 8.95. The van der Waals surface area contributed by atoms with E-state index in [0.717, 1.165) is 21.5 Å². The summed E-state index contributed by atoms with van der Waals surface area (Å²) in [5, 5.41) is 11.8. The monoisotopic (exact) mass is 322 g/mol. The van der Waals surface area contributed by atoms with Crippen LogP contribution in [0.3, 0.4) is 0 Å². The Balaban J connectivity index is 2.58. The van der Waals surface area contributed by atoms with Crippen molar-refractivity contribution < 1.29 is 0 Å². The van der Waals surface area contributed by atoms with Gasteiger partial charge in [-0.25, -0.2) is 4.68 Å². The van der Waals surface area contributed by atoms with Gasteiger partial charge in [0, 0.05) is 4.47 Å². The van der Waals surface area contributed by atoms with E-state index >= 15 is 0 Å². The predicted octanol–water partition coefficient (Wildman–Crippen LogP) is 3.24. The molecule has 0 aliphatic heterocycles. The molecular weight excluding hydrogens is 304 g/mol. The van der Waals surface area contributed by atoms with Crippen LogP contribution < -0.4 is 5.32 Å². The fourth-order valence-corrected chi connectivity index (χ4v) is 3.11. The SMILES string of the molecule is CNC(C)c1nnn(-c2c(C)cc(C)cc2Br)c1C. The number of hydrogen-bond acceptors (Lipinski definition) is 3. The van der Waals surface area contributed by atoms with Crippen LogP contribution in [-0.4, -0.2) is 22.0 Å². The van der Waals surface area contributed by atoms with Crippen LogP contribution in [0.1, 0.15) is 35.5 Å². The number of rotatable bonds is 3. The van der Waals surface area contributed by atoms with Gasteiger partial charge in [-0.1, -0.05) is 11.3 Å². The summed E-state index contributed by atoms with van der Waals surface area (Å²) in [6.45, 7) is 8.31. The Morgan fingerprint density at radius 2 is 1.95 bits per heavy atom. The molecule has 19 heavy (non-hydrogen) atoms. The second-order valence-corrected chi connectivity index (χ2v) is 5.75. The summed E-state index contributed by atoms with van der Waals surface area (Å²) in [6, 6.07) is 4.45. The number of benzene rings is 1. The number of nitrogens with one attached hydrogen (secondary N) is 1. The lowest BCUT2D eigenvalue weighted by Crippen LogP contribution is -2.14. The molecule has 2 aromatic rings. The highest BCUT2D eigenvalue weighted by atomic mass is 79.9. The Bertz CT molecular complexity index is 580. The van der Waals surface area contributed by atoms with Gasteiger partial charge >= 0.3 is 0 Å². The fraction of sp³-hybridized carbons (Fsp3) is 0.429. The number of hydrogen-bond donors (Lipinski definition) is 1. The lowest BCUT2D eigenvalue weighted by atomic mass is 10.1. The average molecular weight is 323 g/mol. The second-order valence-electron chi connectivity index (χ2n) is 4.89. The van der Waals surface area contributed by atoms with Gasteiger partial charge in [-0.05, 0) is 67.9 Å². The minimum absolute atomic E-state index is 0.193. The Morgan fingerprint density at radius 1 is 1.26 bits per heavy atom. The van der Waals surface area contributed by atoms with Crippen LogP contribution in [-0.2, 0) is 0 Å². The Labute approximate surface area is 122 Å². The van der Waals surface area contributed by atoms with Gasteiger partial charge in [-0.2, -0.15) is 0 Å². The molecule has 1 heterocycles. The van der Waals surface area contributed by atoms with E-state index in [9.17, 15) is 0 Å². The molecule has 0 saturated heterocycles. The van der Waals surface area contributed by atoms with Gasteiger partial charge in [-0.15, -0.1) is 5.10 Å². The largest absolute Gasteiger partial charge is 0.312 e. The van der Waals surface area contributed by atoms with Crippen LogP contribution in [0, 0.1) is 20.8 Å². The molecule has 1 atom stereocenters. The van der Waals surface area contributed by atoms with Gasteiger partial charge < -0.3 is 5.32 Å². The maximum atomic E-state index is 4.30. The summed E-state index contributed by atoms with van der Waals surface area (Å²) < 4.78 is 2.95. The van der Waals surface area contributed by atoms with Crippen molar-refractivity contribution >= 4 is 15.9 Å². The minimum atomic E-state index is 0.193. The van der Waals surface area contributed by atoms with E-state index in [1.165, 1.54) is 11.1 Å². The molecule has 1 N–H and O–H groups in total. The van der Waals surface area contributed by atoms with Gasteiger partial charge in [0.15, 0.2) is 0 Å². The van der Waals surface area contributed by atoms with E-state index < -0.39 is 0 Å². The zero-order valence-corrected chi connectivity index (χ0v) is 13.5. The van der Waals surface area contributed by atoms with Crippen molar-refractivity contribution in [3.63, 3.8) is 0 Å². The van der Waals surface area contributed by atoms with Crippen LogP contribution in [0.25, 0.3) is 5.69 Å². The third-order valence-electron chi connectivity index (χ3n) is 3.38. The smallest absolute Gasteiger partial charge is 0.103 e. The molecule has 4 nitrogen and oxygen atoms in total. The molecule has 102 valence electrons. The molecule has 0 spiro atoms. The second kappa shape index (κ2) is 5.43. The van der Waals surface area contributed by atoms with Crippen molar-refractivity contribution in [2.75, 3.05) is 7.05 Å². The number of aromatic nitrogens is 3. The highest BCUT2D eigenvalue weighted by Crippen LogP contribution is 2.28. The molecule has 0 fully saturated rings. The molecule has 1 unspecified atom stereocenters. The van der Waals surface area contributed by atoms with Gasteiger partial charge in [0.05, 0.1) is 17.4 Å². The summed E-state index contributed by atoms with van der Waals surface area (Å²) in [5.74, 6) is 0. The first-order valence-electron chi connectivity index (χ1n) is 6.32. The van der Waals surface area contributed by atoms with E-state index in [-0.39, 0.29) is 6.04 Å². The first kappa shape index (κ1) is 14.2. The summed E-state index contributed by atoms with van der Waals surface area (Å²) in [7, 11) is 1.93. The Morgan fingerprint density at radius 3 is 2.53 bits per heavy atom. The number of aryl methyl sites for hydroxylation is 2. The standard InChI is InChI=1S/C14H19BrN4/c1-8-6-9(2)14(12(15)7-8)19-11(4)13(17-18-19)10(3)16-5/h6-7,10,16H,1-5H3. The minimum Gasteiger partial charge on any atom is -0.312 e. The highest BCUT2D eigenvalue weighted by Gasteiger charge is 2.17. The maximum Gasteiger partial charge on any atom is 0.103 e. The molecule has 1 aromatic carbocycles. The number of halogens is 1. The van der Waals surface area contributed by atoms with Crippen molar-refractivity contribution in [3.05, 3.63) is 39.1 Å². The fourth-order valence-electron chi connectivity index (χ4n) is 2.27. The third kappa shape index (κ3) is 2.58. The molecule has 0 amide bonds. The zero-order valence-electron chi connectivity index (χ0n) is 12.0. The zero-order chi connectivity index (χ0) is 14.2. The summed E-state index contributed by atoms with van der Waals surface area (Å²) in [4.78, 5) is 0. The lowest BCUT2D eigenvalue weighted by Gasteiger charge is -2.12. The van der Waals surface area contributed by atoms with Gasteiger partial charge in [-0.3, -0.25) is 0 Å². The molecule has 0 radical (unpaired) electrons. The molecule has 2 rings (SSSR count). The quantitative estimate of drug-likeness (QED) is 0.943. The maximum absolute atomic E-state index is 4.30. The molecule has 0 saturated carbocycles. The predicted molar refractivity (Wildman–Crippen MR) is 80.7 cm³/mol. The lowest BCUT2D eigenvalue weighted by molar-refractivity contribution is 0.627. The average Bonchev–Trinajstić information content (AvgIpc) is 2.69. The summed E-state index contributed by atoms with van der Waals surface area (Å²) in [6.07, 6.45) is 0. The molecule has 5 heteroatoms. The van der Waals surface area contributed by atoms with Crippen molar-refractivity contribution in [2.45, 2.75) is 33.7 Å². The highest BCUT2D eigenvalue weighted by molar-refractivity contribution is 9.10. The van der Waals surface area contributed by atoms with Crippen molar-refractivity contribution in [1.29, 1.82) is 0 Å². The van der Waals surface area contributed by atoms with Crippen LogP contribution in [0.5, 0.6) is 0 Å². The van der Waals surface area contributed by atoms with E-state index in [0.29, 0.717) is 0 Å². The number of nitrogens with zero attached hydrogens (tertiary/aromatic N) is 3. The summed E-state index contributed by atoms with van der Waals surface area (Å²) in [5.41, 5.74) is 5.52. The van der Waals surface area contributed by atoms with Crippen LogP contribution >= 0.6 is 15.9 Å². The third-order valence-corrected chi connectivity index (χ3v) is 3.99. The van der Waals surface area contributed by atoms with E-state index in [4.69, 9.17) is 0 Å². The van der Waals surface area contributed by atoms with Crippen LogP contribution in [0.2, 0.25) is 0 Å². The molecule has 0 bridgehead atoms. The van der Waals surface area contributed by atoms with E-state index in [1.54, 1.807) is 0 Å². The molecule has 0 aliphatic rings. The topological polar surface area (TPSA) is 42.7 Å². The molecule has 1 aromatic heterocycles. The van der Waals surface area contributed by atoms with Crippen LogP contribution in [0.15, 0.2) is 16.6 Å². The Kier molecular flexibility index (Phi) is 4.06. The van der Waals surface area contributed by atoms with Gasteiger partial charge in [0.25, 0.3) is 0 Å². The normalized spacial score (nSPS) is 12.7. The van der Waals surface area contributed by atoms with Crippen LogP contribution in [0.4, 0.5) is 0 Å². The van der Waals surface area contributed by atoms with E-state index in [1.807, 2.05) is 11.7 Å². The van der Waals surface area contributed by atoms with Crippen molar-refractivity contribution in [3.8, 4) is 5.69 Å². The molecular formula is C14H19BrN4. The van der Waals surface area contributed by atoms with Crippen molar-refractivity contribution in [2.24, 2.45) is 0 Å². The Hall–Kier alpha value is -1.20. The van der Waals surface area contributed by atoms with Gasteiger partial charge in [0.1, 0.15) is 5.69 Å². The van der Waals surface area contributed by atoms with Gasteiger partial charge in [0.2, 0.25) is 0 Å². The van der Waals surface area contributed by atoms with E-state index in [2.05, 4.69) is 71.4 Å². The molecule has 0 aliphatic carbocycles.